The van der Waals surface area contributed by atoms with E-state index in [1.54, 1.807) is 24.0 Å². The van der Waals surface area contributed by atoms with Gasteiger partial charge in [-0.15, -0.1) is 0 Å². The van der Waals surface area contributed by atoms with Crippen LogP contribution in [0.2, 0.25) is 0 Å². The van der Waals surface area contributed by atoms with Gasteiger partial charge in [-0.05, 0) is 66.7 Å². The van der Waals surface area contributed by atoms with Crippen LogP contribution in [0.4, 0.5) is 0 Å². The molecule has 0 aliphatic heterocycles. The summed E-state index contributed by atoms with van der Waals surface area (Å²) in [6.45, 7) is 7.51. The van der Waals surface area contributed by atoms with Gasteiger partial charge >= 0.3 is 0 Å². The fraction of sp³-hybridized carbons (Fsp3) is 0.542. The highest BCUT2D eigenvalue weighted by Gasteiger charge is 2.45. The Morgan fingerprint density at radius 2 is 2.17 bits per heavy atom. The molecule has 156 valence electrons. The average molecular weight is 413 g/mol. The smallest absolute Gasteiger partial charge is 0.126 e. The van der Waals surface area contributed by atoms with E-state index in [1.807, 2.05) is 6.07 Å². The van der Waals surface area contributed by atoms with E-state index in [4.69, 9.17) is 0 Å². The molecule has 1 saturated carbocycles. The minimum atomic E-state index is -1.30. The standard InChI is InChI=1S/C24H32N2O2S/c1-16(2)19-8-10-24(3)11-9-20-21(23(19)24)7-6-17(13-22(20)27)14-26-29(28)18-5-4-12-25-15-18/h4-7,12,15-16,20,22,26-27H,8-11,13-14H2,1-3H3. The van der Waals surface area contributed by atoms with E-state index >= 15 is 0 Å². The Kier molecular flexibility index (Phi) is 5.92. The summed E-state index contributed by atoms with van der Waals surface area (Å²) in [5.74, 6) is 0.765. The number of aromatic nitrogens is 1. The molecule has 2 N–H and O–H groups in total. The fourth-order valence-electron chi connectivity index (χ4n) is 5.35. The number of nitrogens with zero attached hydrogens (tertiary/aromatic N) is 1. The monoisotopic (exact) mass is 412 g/mol. The molecular weight excluding hydrogens is 380 g/mol. The SMILES string of the molecule is CC(C)C1=C2C3=CC=C(CNS(=O)c4cccnc4)CC(O)C3CCC2(C)CC1. The van der Waals surface area contributed by atoms with Gasteiger partial charge in [0, 0.05) is 24.9 Å². The zero-order chi connectivity index (χ0) is 20.6. The number of pyridine rings is 1. The van der Waals surface area contributed by atoms with E-state index in [0.717, 1.165) is 18.4 Å². The van der Waals surface area contributed by atoms with Gasteiger partial charge in [0.25, 0.3) is 0 Å². The van der Waals surface area contributed by atoms with Crippen LogP contribution in [0.1, 0.15) is 52.9 Å². The van der Waals surface area contributed by atoms with E-state index < -0.39 is 11.0 Å². The first-order valence-corrected chi connectivity index (χ1v) is 11.9. The number of aliphatic hydroxyl groups is 1. The minimum Gasteiger partial charge on any atom is -0.392 e. The Labute approximate surface area is 176 Å². The third-order valence-corrected chi connectivity index (χ3v) is 8.05. The van der Waals surface area contributed by atoms with Gasteiger partial charge in [-0.2, -0.15) is 0 Å². The van der Waals surface area contributed by atoms with Crippen molar-refractivity contribution in [3.63, 3.8) is 0 Å². The van der Waals surface area contributed by atoms with Gasteiger partial charge in [-0.25, -0.2) is 8.93 Å². The van der Waals surface area contributed by atoms with E-state index in [9.17, 15) is 9.32 Å². The number of allylic oxidation sites excluding steroid dienone is 4. The molecule has 0 bridgehead atoms. The number of hydrogen-bond donors (Lipinski definition) is 2. The zero-order valence-electron chi connectivity index (χ0n) is 17.6. The van der Waals surface area contributed by atoms with Crippen LogP contribution in [-0.4, -0.2) is 26.9 Å². The van der Waals surface area contributed by atoms with E-state index in [2.05, 4.69) is 42.6 Å². The van der Waals surface area contributed by atoms with Gasteiger partial charge in [0.05, 0.1) is 11.0 Å². The number of fused-ring (bicyclic) bond motifs is 3. The maximum absolute atomic E-state index is 12.5. The summed E-state index contributed by atoms with van der Waals surface area (Å²) in [5.41, 5.74) is 5.84. The van der Waals surface area contributed by atoms with Crippen molar-refractivity contribution in [2.45, 2.75) is 63.9 Å². The molecule has 0 aromatic carbocycles. The molecule has 4 nitrogen and oxygen atoms in total. The molecule has 5 heteroatoms. The summed E-state index contributed by atoms with van der Waals surface area (Å²) in [5, 5.41) is 11.0. The lowest BCUT2D eigenvalue weighted by Crippen LogP contribution is -2.33. The molecule has 4 atom stereocenters. The normalized spacial score (nSPS) is 30.4. The molecule has 1 aromatic rings. The number of nitrogens with one attached hydrogen (secondary N) is 1. The van der Waals surface area contributed by atoms with Crippen LogP contribution >= 0.6 is 0 Å². The van der Waals surface area contributed by atoms with E-state index in [0.29, 0.717) is 23.8 Å². The molecule has 0 spiro atoms. The summed E-state index contributed by atoms with van der Waals surface area (Å²) in [4.78, 5) is 4.70. The van der Waals surface area contributed by atoms with Crippen molar-refractivity contribution in [2.24, 2.45) is 17.3 Å². The van der Waals surface area contributed by atoms with Crippen LogP contribution in [0.5, 0.6) is 0 Å². The average Bonchev–Trinajstić information content (AvgIpc) is 2.99. The molecule has 1 fully saturated rings. The van der Waals surface area contributed by atoms with E-state index in [1.165, 1.54) is 24.0 Å². The summed E-state index contributed by atoms with van der Waals surface area (Å²) < 4.78 is 15.6. The highest BCUT2D eigenvalue weighted by molar-refractivity contribution is 7.83. The largest absolute Gasteiger partial charge is 0.392 e. The van der Waals surface area contributed by atoms with Crippen molar-refractivity contribution >= 4 is 11.0 Å². The van der Waals surface area contributed by atoms with Crippen molar-refractivity contribution < 1.29 is 9.32 Å². The van der Waals surface area contributed by atoms with Gasteiger partial charge in [-0.1, -0.05) is 44.1 Å². The minimum absolute atomic E-state index is 0.211. The predicted octanol–water partition coefficient (Wildman–Crippen LogP) is 4.47. The summed E-state index contributed by atoms with van der Waals surface area (Å²) >= 11 is 0. The Hall–Kier alpha value is -1.56. The first kappa shape index (κ1) is 20.7. The Balaban J connectivity index is 1.58. The summed E-state index contributed by atoms with van der Waals surface area (Å²) in [6, 6.07) is 3.60. The Morgan fingerprint density at radius 1 is 1.34 bits per heavy atom. The number of hydrogen-bond acceptors (Lipinski definition) is 3. The molecule has 3 aliphatic carbocycles. The lowest BCUT2D eigenvalue weighted by atomic mass is 9.64. The molecular formula is C24H32N2O2S. The van der Waals surface area contributed by atoms with Gasteiger partial charge in [0.15, 0.2) is 0 Å². The molecule has 0 amide bonds. The van der Waals surface area contributed by atoms with Crippen molar-refractivity contribution in [1.29, 1.82) is 0 Å². The maximum atomic E-state index is 12.5. The maximum Gasteiger partial charge on any atom is 0.126 e. The van der Waals surface area contributed by atoms with Crippen LogP contribution in [0.15, 0.2) is 63.9 Å². The molecule has 1 aromatic heterocycles. The lowest BCUT2D eigenvalue weighted by Gasteiger charge is -2.41. The third-order valence-electron chi connectivity index (χ3n) is 6.98. The van der Waals surface area contributed by atoms with Crippen molar-refractivity contribution in [1.82, 2.24) is 9.71 Å². The molecule has 4 unspecified atom stereocenters. The molecule has 4 rings (SSSR count). The molecule has 3 aliphatic rings. The highest BCUT2D eigenvalue weighted by atomic mass is 32.2. The fourth-order valence-corrected chi connectivity index (χ4v) is 6.19. The second kappa shape index (κ2) is 8.29. The van der Waals surface area contributed by atoms with Crippen LogP contribution in [0.25, 0.3) is 0 Å². The lowest BCUT2D eigenvalue weighted by molar-refractivity contribution is 0.104. The quantitative estimate of drug-likeness (QED) is 0.750. The predicted molar refractivity (Wildman–Crippen MR) is 117 cm³/mol. The Bertz CT molecular complexity index is 887. The van der Waals surface area contributed by atoms with Crippen LogP contribution < -0.4 is 4.72 Å². The molecule has 1 heterocycles. The molecule has 0 saturated heterocycles. The summed E-state index contributed by atoms with van der Waals surface area (Å²) in [6.07, 6.45) is 12.6. The molecule has 0 radical (unpaired) electrons. The number of rotatable bonds is 5. The van der Waals surface area contributed by atoms with Crippen LogP contribution in [0.3, 0.4) is 0 Å². The number of aliphatic hydroxyl groups excluding tert-OH is 1. The van der Waals surface area contributed by atoms with Gasteiger partial charge < -0.3 is 5.11 Å². The van der Waals surface area contributed by atoms with Gasteiger partial charge in [0.2, 0.25) is 0 Å². The van der Waals surface area contributed by atoms with Crippen LogP contribution in [-0.2, 0) is 11.0 Å². The molecule has 29 heavy (non-hydrogen) atoms. The van der Waals surface area contributed by atoms with Crippen molar-refractivity contribution in [2.75, 3.05) is 6.54 Å². The second-order valence-corrected chi connectivity index (χ2v) is 10.6. The van der Waals surface area contributed by atoms with Crippen molar-refractivity contribution in [3.05, 3.63) is 59.0 Å². The summed E-state index contributed by atoms with van der Waals surface area (Å²) in [7, 11) is -1.30. The second-order valence-electron chi connectivity index (χ2n) is 9.26. The third kappa shape index (κ3) is 4.05. The van der Waals surface area contributed by atoms with Gasteiger partial charge in [0.1, 0.15) is 11.0 Å². The topological polar surface area (TPSA) is 62.2 Å². The highest BCUT2D eigenvalue weighted by Crippen LogP contribution is 2.57. The van der Waals surface area contributed by atoms with Crippen molar-refractivity contribution in [3.8, 4) is 0 Å². The van der Waals surface area contributed by atoms with Gasteiger partial charge in [-0.3, -0.25) is 4.98 Å². The zero-order valence-corrected chi connectivity index (χ0v) is 18.5. The first-order chi connectivity index (χ1) is 13.9. The van der Waals surface area contributed by atoms with E-state index in [-0.39, 0.29) is 17.4 Å². The van der Waals surface area contributed by atoms with Crippen LogP contribution in [0, 0.1) is 17.3 Å². The first-order valence-electron chi connectivity index (χ1n) is 10.8. The Morgan fingerprint density at radius 3 is 2.90 bits per heavy atom.